The molecule has 0 radical (unpaired) electrons. The monoisotopic (exact) mass is 367 g/mol. The van der Waals surface area contributed by atoms with Gasteiger partial charge in [0.1, 0.15) is 11.6 Å². The largest absolute Gasteiger partial charge is 0.494 e. The lowest BCUT2D eigenvalue weighted by Crippen LogP contribution is -2.29. The number of nitrogens with one attached hydrogen (secondary N) is 2. The first kappa shape index (κ1) is 18.5. The average Bonchev–Trinajstić information content (AvgIpc) is 3.11. The Morgan fingerprint density at radius 1 is 1.07 bits per heavy atom. The number of hydrogen-bond acceptors (Lipinski definition) is 2. The Morgan fingerprint density at radius 2 is 1.81 bits per heavy atom. The summed E-state index contributed by atoms with van der Waals surface area (Å²) in [4.78, 5) is 12.1. The van der Waals surface area contributed by atoms with Crippen LogP contribution in [-0.4, -0.2) is 17.2 Å². The molecule has 140 valence electrons. The van der Waals surface area contributed by atoms with Gasteiger partial charge >= 0.3 is 6.03 Å². The molecule has 0 spiro atoms. The van der Waals surface area contributed by atoms with Crippen molar-refractivity contribution in [2.45, 2.75) is 20.0 Å². The first-order valence-corrected chi connectivity index (χ1v) is 8.80. The highest BCUT2D eigenvalue weighted by molar-refractivity contribution is 5.89. The Kier molecular flexibility index (Phi) is 6.10. The molecule has 0 atom stereocenters. The van der Waals surface area contributed by atoms with E-state index in [1.165, 1.54) is 12.1 Å². The highest BCUT2D eigenvalue weighted by atomic mass is 19.1. The summed E-state index contributed by atoms with van der Waals surface area (Å²) in [7, 11) is 0. The standard InChI is InChI=1S/C21H22FN3O2/c1-2-27-20-11-9-18(10-12-20)24-21(26)23-14-19-4-3-13-25(19)15-16-5-7-17(22)8-6-16/h3-13H,2,14-15H2,1H3,(H2,23,24,26). The number of carbonyl (C=O) groups excluding carboxylic acids is 1. The molecule has 3 rings (SSSR count). The third-order valence-electron chi connectivity index (χ3n) is 4.04. The Bertz CT molecular complexity index is 873. The van der Waals surface area contributed by atoms with Gasteiger partial charge in [0.2, 0.25) is 0 Å². The van der Waals surface area contributed by atoms with E-state index in [9.17, 15) is 9.18 Å². The predicted octanol–water partition coefficient (Wildman–Crippen LogP) is 4.40. The maximum absolute atomic E-state index is 13.0. The number of rotatable bonds is 7. The van der Waals surface area contributed by atoms with Crippen LogP contribution in [-0.2, 0) is 13.1 Å². The van der Waals surface area contributed by atoms with Gasteiger partial charge < -0.3 is 19.9 Å². The smallest absolute Gasteiger partial charge is 0.319 e. The van der Waals surface area contributed by atoms with Crippen LogP contribution in [0.25, 0.3) is 0 Å². The zero-order valence-electron chi connectivity index (χ0n) is 15.1. The molecule has 0 aliphatic carbocycles. The third kappa shape index (κ3) is 5.34. The molecule has 6 heteroatoms. The fraction of sp³-hybridized carbons (Fsp3) is 0.190. The third-order valence-corrected chi connectivity index (χ3v) is 4.04. The Morgan fingerprint density at radius 3 is 2.52 bits per heavy atom. The first-order valence-electron chi connectivity index (χ1n) is 8.80. The van der Waals surface area contributed by atoms with Crippen LogP contribution in [0.3, 0.4) is 0 Å². The Balaban J connectivity index is 1.53. The minimum Gasteiger partial charge on any atom is -0.494 e. The maximum Gasteiger partial charge on any atom is 0.319 e. The van der Waals surface area contributed by atoms with E-state index in [-0.39, 0.29) is 11.8 Å². The Labute approximate surface area is 157 Å². The summed E-state index contributed by atoms with van der Waals surface area (Å²) in [6.07, 6.45) is 1.94. The number of benzene rings is 2. The van der Waals surface area contributed by atoms with Crippen molar-refractivity contribution in [1.82, 2.24) is 9.88 Å². The van der Waals surface area contributed by atoms with E-state index in [4.69, 9.17) is 4.74 Å². The molecule has 5 nitrogen and oxygen atoms in total. The fourth-order valence-electron chi connectivity index (χ4n) is 2.70. The van der Waals surface area contributed by atoms with Crippen molar-refractivity contribution < 1.29 is 13.9 Å². The lowest BCUT2D eigenvalue weighted by atomic mass is 10.2. The lowest BCUT2D eigenvalue weighted by Gasteiger charge is -2.12. The molecule has 0 unspecified atom stereocenters. The van der Waals surface area contributed by atoms with Crippen LogP contribution in [0.5, 0.6) is 5.75 Å². The summed E-state index contributed by atoms with van der Waals surface area (Å²) in [5.74, 6) is 0.515. The molecule has 2 aromatic carbocycles. The van der Waals surface area contributed by atoms with E-state index in [0.717, 1.165) is 17.0 Å². The lowest BCUT2D eigenvalue weighted by molar-refractivity contribution is 0.251. The topological polar surface area (TPSA) is 55.3 Å². The van der Waals surface area contributed by atoms with Crippen molar-refractivity contribution in [2.75, 3.05) is 11.9 Å². The Hall–Kier alpha value is -3.28. The quantitative estimate of drug-likeness (QED) is 0.650. The number of amides is 2. The van der Waals surface area contributed by atoms with Gasteiger partial charge in [0.15, 0.2) is 0 Å². The highest BCUT2D eigenvalue weighted by Gasteiger charge is 2.06. The molecule has 2 N–H and O–H groups in total. The van der Waals surface area contributed by atoms with Gasteiger partial charge in [-0.15, -0.1) is 0 Å². The van der Waals surface area contributed by atoms with Crippen LogP contribution >= 0.6 is 0 Å². The van der Waals surface area contributed by atoms with Crippen LogP contribution in [0.2, 0.25) is 0 Å². The molecule has 0 saturated carbocycles. The number of hydrogen-bond donors (Lipinski definition) is 2. The second-order valence-electron chi connectivity index (χ2n) is 6.02. The second-order valence-corrected chi connectivity index (χ2v) is 6.02. The molecular weight excluding hydrogens is 345 g/mol. The van der Waals surface area contributed by atoms with Crippen LogP contribution in [0.15, 0.2) is 66.9 Å². The van der Waals surface area contributed by atoms with Gasteiger partial charge in [-0.3, -0.25) is 0 Å². The van der Waals surface area contributed by atoms with E-state index < -0.39 is 0 Å². The number of anilines is 1. The van der Waals surface area contributed by atoms with Crippen molar-refractivity contribution in [3.8, 4) is 5.75 Å². The summed E-state index contributed by atoms with van der Waals surface area (Å²) in [6.45, 7) is 3.53. The van der Waals surface area contributed by atoms with Gasteiger partial charge in [0.05, 0.1) is 13.2 Å². The molecule has 0 aliphatic heterocycles. The highest BCUT2D eigenvalue weighted by Crippen LogP contribution is 2.15. The van der Waals surface area contributed by atoms with Gasteiger partial charge in [0.25, 0.3) is 0 Å². The van der Waals surface area contributed by atoms with Crippen LogP contribution < -0.4 is 15.4 Å². The van der Waals surface area contributed by atoms with E-state index >= 15 is 0 Å². The number of urea groups is 1. The number of carbonyl (C=O) groups is 1. The second kappa shape index (κ2) is 8.89. The normalized spacial score (nSPS) is 10.4. The van der Waals surface area contributed by atoms with Crippen molar-refractivity contribution in [3.63, 3.8) is 0 Å². The molecular formula is C21H22FN3O2. The molecule has 3 aromatic rings. The van der Waals surface area contributed by atoms with E-state index in [2.05, 4.69) is 10.6 Å². The minimum absolute atomic E-state index is 0.251. The predicted molar refractivity (Wildman–Crippen MR) is 103 cm³/mol. The fourth-order valence-corrected chi connectivity index (χ4v) is 2.70. The zero-order valence-corrected chi connectivity index (χ0v) is 15.1. The van der Waals surface area contributed by atoms with Crippen LogP contribution in [0.4, 0.5) is 14.9 Å². The molecule has 0 fully saturated rings. The summed E-state index contributed by atoms with van der Waals surface area (Å²) < 4.78 is 20.4. The summed E-state index contributed by atoms with van der Waals surface area (Å²) in [5, 5.41) is 5.64. The molecule has 0 aliphatic rings. The van der Waals surface area contributed by atoms with Gasteiger partial charge in [-0.1, -0.05) is 12.1 Å². The van der Waals surface area contributed by atoms with Crippen molar-refractivity contribution in [1.29, 1.82) is 0 Å². The summed E-state index contributed by atoms with van der Waals surface area (Å²) in [6, 6.07) is 17.2. The molecule has 1 aromatic heterocycles. The molecule has 1 heterocycles. The molecule has 27 heavy (non-hydrogen) atoms. The average molecular weight is 367 g/mol. The van der Waals surface area contributed by atoms with Gasteiger partial charge in [0, 0.05) is 24.1 Å². The van der Waals surface area contributed by atoms with E-state index in [0.29, 0.717) is 25.4 Å². The van der Waals surface area contributed by atoms with Gasteiger partial charge in [-0.05, 0) is 61.0 Å². The number of halogens is 1. The summed E-state index contributed by atoms with van der Waals surface area (Å²) in [5.41, 5.74) is 2.64. The number of nitrogens with zero attached hydrogens (tertiary/aromatic N) is 1. The maximum atomic E-state index is 13.0. The molecule has 0 saturated heterocycles. The first-order chi connectivity index (χ1) is 13.1. The SMILES string of the molecule is CCOc1ccc(NC(=O)NCc2cccn2Cc2ccc(F)cc2)cc1. The number of aromatic nitrogens is 1. The van der Waals surface area contributed by atoms with E-state index in [1.807, 2.05) is 42.0 Å². The zero-order chi connectivity index (χ0) is 19.1. The van der Waals surface area contributed by atoms with Crippen molar-refractivity contribution in [2.24, 2.45) is 0 Å². The van der Waals surface area contributed by atoms with Gasteiger partial charge in [-0.25, -0.2) is 9.18 Å². The van der Waals surface area contributed by atoms with E-state index in [1.54, 1.807) is 24.3 Å². The van der Waals surface area contributed by atoms with Crippen molar-refractivity contribution >= 4 is 11.7 Å². The molecule has 2 amide bonds. The number of ether oxygens (including phenoxy) is 1. The minimum atomic E-state index is -0.284. The summed E-state index contributed by atoms with van der Waals surface area (Å²) >= 11 is 0. The van der Waals surface area contributed by atoms with Gasteiger partial charge in [-0.2, -0.15) is 0 Å². The molecule has 0 bridgehead atoms. The van der Waals surface area contributed by atoms with Crippen LogP contribution in [0.1, 0.15) is 18.2 Å². The van der Waals surface area contributed by atoms with Crippen molar-refractivity contribution in [3.05, 3.63) is 83.9 Å². The van der Waals surface area contributed by atoms with Crippen LogP contribution in [0, 0.1) is 5.82 Å².